The second-order valence-electron chi connectivity index (χ2n) is 4.26. The topological polar surface area (TPSA) is 70.0 Å². The van der Waals surface area contributed by atoms with Crippen molar-refractivity contribution in [3.63, 3.8) is 0 Å². The lowest BCUT2D eigenvalue weighted by Gasteiger charge is -2.19. The number of esters is 1. The lowest BCUT2D eigenvalue weighted by molar-refractivity contribution is -0.326. The summed E-state index contributed by atoms with van der Waals surface area (Å²) in [7, 11) is 0. The van der Waals surface area contributed by atoms with Gasteiger partial charge in [0.15, 0.2) is 6.04 Å². The number of para-hydroxylation sites is 1. The van der Waals surface area contributed by atoms with Crippen LogP contribution in [0.5, 0.6) is 5.75 Å². The SMILES string of the molecule is O=C(Oc1ccccc1)[C@H](Cc1ccccc1)N(O)O. The summed E-state index contributed by atoms with van der Waals surface area (Å²) in [5.74, 6) is -0.373. The molecule has 20 heavy (non-hydrogen) atoms. The number of rotatable bonds is 5. The highest BCUT2D eigenvalue weighted by Gasteiger charge is 2.26. The monoisotopic (exact) mass is 273 g/mol. The van der Waals surface area contributed by atoms with Crippen molar-refractivity contribution in [2.75, 3.05) is 0 Å². The number of benzene rings is 2. The van der Waals surface area contributed by atoms with Gasteiger partial charge in [0, 0.05) is 6.42 Å². The number of nitrogens with zero attached hydrogens (tertiary/aromatic N) is 1. The molecule has 0 saturated carbocycles. The molecule has 5 heteroatoms. The Bertz CT molecular complexity index is 542. The van der Waals surface area contributed by atoms with E-state index in [1.807, 2.05) is 18.2 Å². The smallest absolute Gasteiger partial charge is 0.334 e. The summed E-state index contributed by atoms with van der Waals surface area (Å²) in [6, 6.07) is 16.4. The largest absolute Gasteiger partial charge is 0.425 e. The maximum absolute atomic E-state index is 12.0. The lowest BCUT2D eigenvalue weighted by atomic mass is 10.1. The molecule has 0 bridgehead atoms. The van der Waals surface area contributed by atoms with Gasteiger partial charge in [-0.15, -0.1) is 0 Å². The standard InChI is InChI=1S/C15H15NO4/c17-15(20-13-9-5-2-6-10-13)14(16(18)19)11-12-7-3-1-4-8-12/h1-10,14,18-19H,11H2/t14-/m0/s1. The summed E-state index contributed by atoms with van der Waals surface area (Å²) >= 11 is 0. The van der Waals surface area contributed by atoms with Crippen molar-refractivity contribution in [1.82, 2.24) is 5.23 Å². The van der Waals surface area contributed by atoms with E-state index in [1.54, 1.807) is 42.5 Å². The summed E-state index contributed by atoms with van der Waals surface area (Å²) in [4.78, 5) is 12.0. The minimum Gasteiger partial charge on any atom is -0.425 e. The van der Waals surface area contributed by atoms with Gasteiger partial charge in [0.2, 0.25) is 0 Å². The van der Waals surface area contributed by atoms with Crippen molar-refractivity contribution in [3.8, 4) is 5.75 Å². The summed E-state index contributed by atoms with van der Waals surface area (Å²) in [5.41, 5.74) is 0.801. The van der Waals surface area contributed by atoms with E-state index >= 15 is 0 Å². The number of hydrogen-bond acceptors (Lipinski definition) is 5. The Hall–Kier alpha value is -2.21. The van der Waals surface area contributed by atoms with Crippen LogP contribution in [0, 0.1) is 0 Å². The first-order valence-corrected chi connectivity index (χ1v) is 6.14. The van der Waals surface area contributed by atoms with Gasteiger partial charge < -0.3 is 4.74 Å². The fourth-order valence-electron chi connectivity index (χ4n) is 1.77. The van der Waals surface area contributed by atoms with Crippen LogP contribution in [0.15, 0.2) is 60.7 Å². The molecule has 104 valence electrons. The van der Waals surface area contributed by atoms with E-state index < -0.39 is 12.0 Å². The molecule has 0 aliphatic carbocycles. The second-order valence-corrected chi connectivity index (χ2v) is 4.26. The Morgan fingerprint density at radius 2 is 1.55 bits per heavy atom. The van der Waals surface area contributed by atoms with Crippen molar-refractivity contribution < 1.29 is 19.9 Å². The zero-order valence-corrected chi connectivity index (χ0v) is 10.7. The molecule has 0 unspecified atom stereocenters. The average Bonchev–Trinajstić information content (AvgIpc) is 2.46. The van der Waals surface area contributed by atoms with Crippen LogP contribution in [0.1, 0.15) is 5.56 Å². The molecule has 2 aromatic rings. The summed E-state index contributed by atoms with van der Waals surface area (Å²) in [6.07, 6.45) is 0.138. The van der Waals surface area contributed by atoms with E-state index in [1.165, 1.54) is 0 Å². The Labute approximate surface area is 116 Å². The molecule has 2 N–H and O–H groups in total. The lowest BCUT2D eigenvalue weighted by Crippen LogP contribution is -2.41. The molecular formula is C15H15NO4. The molecule has 0 heterocycles. The predicted octanol–water partition coefficient (Wildman–Crippen LogP) is 2.28. The summed E-state index contributed by atoms with van der Waals surface area (Å²) < 4.78 is 5.11. The van der Waals surface area contributed by atoms with Crippen molar-refractivity contribution in [2.24, 2.45) is 0 Å². The van der Waals surface area contributed by atoms with Crippen LogP contribution >= 0.6 is 0 Å². The number of ether oxygens (including phenoxy) is 1. The Balaban J connectivity index is 2.07. The highest BCUT2D eigenvalue weighted by atomic mass is 16.8. The fourth-order valence-corrected chi connectivity index (χ4v) is 1.77. The van der Waals surface area contributed by atoms with Crippen LogP contribution in [0.2, 0.25) is 0 Å². The first-order chi connectivity index (χ1) is 9.66. The van der Waals surface area contributed by atoms with Crippen LogP contribution in [-0.4, -0.2) is 27.7 Å². The van der Waals surface area contributed by atoms with E-state index in [0.717, 1.165) is 5.56 Å². The van der Waals surface area contributed by atoms with E-state index in [2.05, 4.69) is 0 Å². The van der Waals surface area contributed by atoms with Crippen LogP contribution < -0.4 is 4.74 Å². The third-order valence-electron chi connectivity index (χ3n) is 2.78. The maximum atomic E-state index is 12.0. The fraction of sp³-hybridized carbons (Fsp3) is 0.133. The van der Waals surface area contributed by atoms with Gasteiger partial charge in [-0.1, -0.05) is 53.8 Å². The van der Waals surface area contributed by atoms with Gasteiger partial charge in [-0.2, -0.15) is 0 Å². The molecule has 0 saturated heterocycles. The molecule has 0 radical (unpaired) electrons. The van der Waals surface area contributed by atoms with Gasteiger partial charge in [0.05, 0.1) is 0 Å². The predicted molar refractivity (Wildman–Crippen MR) is 71.4 cm³/mol. The molecule has 1 atom stereocenters. The van der Waals surface area contributed by atoms with Crippen molar-refractivity contribution in [1.29, 1.82) is 0 Å². The van der Waals surface area contributed by atoms with Gasteiger partial charge in [0.25, 0.3) is 0 Å². The number of carbonyl (C=O) groups excluding carboxylic acids is 1. The third-order valence-corrected chi connectivity index (χ3v) is 2.78. The molecule has 0 fully saturated rings. The number of carbonyl (C=O) groups is 1. The third kappa shape index (κ3) is 3.89. The van der Waals surface area contributed by atoms with E-state index in [9.17, 15) is 15.2 Å². The molecule has 2 rings (SSSR count). The Morgan fingerprint density at radius 3 is 2.10 bits per heavy atom. The molecule has 0 amide bonds. The number of hydrogen-bond donors (Lipinski definition) is 2. The number of hydroxylamine groups is 2. The molecular weight excluding hydrogens is 258 g/mol. The Morgan fingerprint density at radius 1 is 1.00 bits per heavy atom. The van der Waals surface area contributed by atoms with E-state index in [0.29, 0.717) is 5.75 Å². The maximum Gasteiger partial charge on any atom is 0.334 e. The van der Waals surface area contributed by atoms with Gasteiger partial charge in [-0.05, 0) is 17.7 Å². The van der Waals surface area contributed by atoms with Crippen molar-refractivity contribution >= 4 is 5.97 Å². The van der Waals surface area contributed by atoms with E-state index in [-0.39, 0.29) is 11.6 Å². The molecule has 5 nitrogen and oxygen atoms in total. The quantitative estimate of drug-likeness (QED) is 0.497. The van der Waals surface area contributed by atoms with Crippen LogP contribution in [0.3, 0.4) is 0 Å². The zero-order valence-electron chi connectivity index (χ0n) is 10.7. The first-order valence-electron chi connectivity index (χ1n) is 6.14. The summed E-state index contributed by atoms with van der Waals surface area (Å²) in [6.45, 7) is 0. The van der Waals surface area contributed by atoms with Crippen molar-refractivity contribution in [2.45, 2.75) is 12.5 Å². The minimum absolute atomic E-state index is 0.113. The highest BCUT2D eigenvalue weighted by molar-refractivity contribution is 5.78. The van der Waals surface area contributed by atoms with Crippen LogP contribution in [-0.2, 0) is 11.2 Å². The normalized spacial score (nSPS) is 12.2. The van der Waals surface area contributed by atoms with Gasteiger partial charge >= 0.3 is 5.97 Å². The highest BCUT2D eigenvalue weighted by Crippen LogP contribution is 2.13. The zero-order chi connectivity index (χ0) is 14.4. The van der Waals surface area contributed by atoms with Crippen LogP contribution in [0.4, 0.5) is 0 Å². The van der Waals surface area contributed by atoms with E-state index in [4.69, 9.17) is 4.74 Å². The van der Waals surface area contributed by atoms with Gasteiger partial charge in [0.1, 0.15) is 5.75 Å². The first kappa shape index (κ1) is 14.2. The Kier molecular flexibility index (Phi) is 4.84. The van der Waals surface area contributed by atoms with Crippen LogP contribution in [0.25, 0.3) is 0 Å². The van der Waals surface area contributed by atoms with Crippen molar-refractivity contribution in [3.05, 3.63) is 66.2 Å². The summed E-state index contributed by atoms with van der Waals surface area (Å²) in [5, 5.41) is 18.3. The molecule has 0 aliphatic heterocycles. The average molecular weight is 273 g/mol. The minimum atomic E-state index is -1.18. The molecule has 0 spiro atoms. The second kappa shape index (κ2) is 6.81. The molecule has 0 aliphatic rings. The van der Waals surface area contributed by atoms with Gasteiger partial charge in [-0.3, -0.25) is 10.4 Å². The molecule has 2 aromatic carbocycles. The van der Waals surface area contributed by atoms with Gasteiger partial charge in [-0.25, -0.2) is 4.79 Å². The molecule has 0 aromatic heterocycles.